The van der Waals surface area contributed by atoms with Crippen LogP contribution in [0.4, 0.5) is 0 Å². The summed E-state index contributed by atoms with van der Waals surface area (Å²) in [5, 5.41) is 9.83. The lowest BCUT2D eigenvalue weighted by atomic mass is 10.1. The molecule has 0 saturated carbocycles. The summed E-state index contributed by atoms with van der Waals surface area (Å²) in [4.78, 5) is 19.0. The number of primary amides is 1. The smallest absolute Gasteiger partial charge is 0.252 e. The SMILES string of the molecule is NC(=O)c1cccc(-c2ncccn2)c1O. The molecule has 0 aliphatic heterocycles. The van der Waals surface area contributed by atoms with Gasteiger partial charge < -0.3 is 10.8 Å². The minimum absolute atomic E-state index is 0.0601. The van der Waals surface area contributed by atoms with Crippen molar-refractivity contribution in [2.75, 3.05) is 0 Å². The van der Waals surface area contributed by atoms with Crippen LogP contribution >= 0.6 is 0 Å². The van der Waals surface area contributed by atoms with Crippen LogP contribution in [0.15, 0.2) is 36.7 Å². The van der Waals surface area contributed by atoms with E-state index in [1.165, 1.54) is 6.07 Å². The van der Waals surface area contributed by atoms with Crippen LogP contribution in [0.1, 0.15) is 10.4 Å². The van der Waals surface area contributed by atoms with Gasteiger partial charge in [-0.2, -0.15) is 0 Å². The van der Waals surface area contributed by atoms with Crippen LogP contribution < -0.4 is 5.73 Å². The van der Waals surface area contributed by atoms with Crippen LogP contribution in [0.3, 0.4) is 0 Å². The molecule has 1 aromatic heterocycles. The van der Waals surface area contributed by atoms with E-state index in [0.29, 0.717) is 11.4 Å². The lowest BCUT2D eigenvalue weighted by molar-refractivity contribution is 0.0998. The predicted molar refractivity (Wildman–Crippen MR) is 57.7 cm³/mol. The molecule has 1 amide bonds. The molecule has 1 aromatic carbocycles. The highest BCUT2D eigenvalue weighted by Gasteiger charge is 2.13. The van der Waals surface area contributed by atoms with Crippen molar-refractivity contribution < 1.29 is 9.90 Å². The molecule has 1 heterocycles. The number of hydrogen-bond donors (Lipinski definition) is 2. The number of amides is 1. The number of aromatic hydroxyl groups is 1. The van der Waals surface area contributed by atoms with E-state index >= 15 is 0 Å². The number of carbonyl (C=O) groups excluding carboxylic acids is 1. The molecule has 0 aliphatic rings. The summed E-state index contributed by atoms with van der Waals surface area (Å²) in [6, 6.07) is 6.35. The molecule has 2 aromatic rings. The number of carbonyl (C=O) groups is 1. The van der Waals surface area contributed by atoms with E-state index in [1.807, 2.05) is 0 Å². The van der Waals surface area contributed by atoms with Gasteiger partial charge >= 0.3 is 0 Å². The lowest BCUT2D eigenvalue weighted by Gasteiger charge is -2.05. The van der Waals surface area contributed by atoms with Gasteiger partial charge in [0.15, 0.2) is 5.82 Å². The van der Waals surface area contributed by atoms with Crippen LogP contribution in [-0.2, 0) is 0 Å². The van der Waals surface area contributed by atoms with Gasteiger partial charge in [-0.25, -0.2) is 9.97 Å². The Balaban J connectivity index is 2.59. The Morgan fingerprint density at radius 1 is 1.19 bits per heavy atom. The van der Waals surface area contributed by atoms with Gasteiger partial charge in [0, 0.05) is 12.4 Å². The molecular weight excluding hydrogens is 206 g/mol. The highest BCUT2D eigenvalue weighted by molar-refractivity contribution is 5.97. The van der Waals surface area contributed by atoms with Crippen molar-refractivity contribution in [3.8, 4) is 17.1 Å². The number of nitrogens with zero attached hydrogens (tertiary/aromatic N) is 2. The van der Waals surface area contributed by atoms with Crippen molar-refractivity contribution in [3.63, 3.8) is 0 Å². The number of para-hydroxylation sites is 1. The maximum atomic E-state index is 11.0. The molecule has 0 saturated heterocycles. The van der Waals surface area contributed by atoms with Gasteiger partial charge in [-0.05, 0) is 18.2 Å². The van der Waals surface area contributed by atoms with E-state index in [1.54, 1.807) is 30.6 Å². The first-order valence-corrected chi connectivity index (χ1v) is 4.59. The van der Waals surface area contributed by atoms with E-state index in [-0.39, 0.29) is 11.3 Å². The Labute approximate surface area is 91.6 Å². The third-order valence-corrected chi connectivity index (χ3v) is 2.11. The molecule has 0 radical (unpaired) electrons. The molecule has 16 heavy (non-hydrogen) atoms. The summed E-state index contributed by atoms with van der Waals surface area (Å²) in [5.41, 5.74) is 5.57. The van der Waals surface area contributed by atoms with Gasteiger partial charge in [0.25, 0.3) is 5.91 Å². The molecule has 0 atom stereocenters. The molecule has 0 bridgehead atoms. The molecule has 5 heteroatoms. The fourth-order valence-corrected chi connectivity index (χ4v) is 1.36. The predicted octanol–water partition coefficient (Wildman–Crippen LogP) is 0.948. The molecule has 0 aliphatic carbocycles. The number of hydrogen-bond acceptors (Lipinski definition) is 4. The first-order valence-electron chi connectivity index (χ1n) is 4.59. The Morgan fingerprint density at radius 2 is 1.88 bits per heavy atom. The summed E-state index contributed by atoms with van der Waals surface area (Å²) in [5.74, 6) is -0.528. The standard InChI is InChI=1S/C11H9N3O2/c12-10(16)7-3-1-4-8(9(7)15)11-13-5-2-6-14-11/h1-6,15H,(H2,12,16). The monoisotopic (exact) mass is 215 g/mol. The van der Waals surface area contributed by atoms with E-state index in [9.17, 15) is 9.90 Å². The number of nitrogens with two attached hydrogens (primary N) is 1. The van der Waals surface area contributed by atoms with Gasteiger partial charge in [0.2, 0.25) is 0 Å². The van der Waals surface area contributed by atoms with Crippen LogP contribution in [-0.4, -0.2) is 21.0 Å². The largest absolute Gasteiger partial charge is 0.506 e. The zero-order chi connectivity index (χ0) is 11.5. The maximum Gasteiger partial charge on any atom is 0.252 e. The topological polar surface area (TPSA) is 89.1 Å². The van der Waals surface area contributed by atoms with Crippen molar-refractivity contribution in [1.82, 2.24) is 9.97 Å². The molecular formula is C11H9N3O2. The molecule has 0 fully saturated rings. The Kier molecular flexibility index (Phi) is 2.51. The first kappa shape index (κ1) is 10.1. The molecule has 3 N–H and O–H groups in total. The van der Waals surface area contributed by atoms with E-state index in [4.69, 9.17) is 5.73 Å². The zero-order valence-corrected chi connectivity index (χ0v) is 8.29. The highest BCUT2D eigenvalue weighted by atomic mass is 16.3. The number of benzene rings is 1. The summed E-state index contributed by atoms with van der Waals surface area (Å²) in [7, 11) is 0. The van der Waals surface area contributed by atoms with Crippen LogP contribution in [0.25, 0.3) is 11.4 Å². The number of phenols is 1. The minimum atomic E-state index is -0.685. The van der Waals surface area contributed by atoms with Crippen LogP contribution in [0, 0.1) is 0 Å². The Hall–Kier alpha value is -2.43. The Morgan fingerprint density at radius 3 is 2.50 bits per heavy atom. The number of aromatic nitrogens is 2. The van der Waals surface area contributed by atoms with E-state index < -0.39 is 5.91 Å². The van der Waals surface area contributed by atoms with Crippen molar-refractivity contribution in [1.29, 1.82) is 0 Å². The average Bonchev–Trinajstić information content (AvgIpc) is 2.30. The zero-order valence-electron chi connectivity index (χ0n) is 8.29. The van der Waals surface area contributed by atoms with Crippen molar-refractivity contribution in [2.24, 2.45) is 5.73 Å². The van der Waals surface area contributed by atoms with Crippen molar-refractivity contribution in [2.45, 2.75) is 0 Å². The van der Waals surface area contributed by atoms with Crippen molar-refractivity contribution in [3.05, 3.63) is 42.2 Å². The van der Waals surface area contributed by atoms with E-state index in [2.05, 4.69) is 9.97 Å². The summed E-state index contributed by atoms with van der Waals surface area (Å²) < 4.78 is 0. The first-order chi connectivity index (χ1) is 7.70. The lowest BCUT2D eigenvalue weighted by Crippen LogP contribution is -2.11. The van der Waals surface area contributed by atoms with Gasteiger partial charge in [-0.1, -0.05) is 6.07 Å². The third kappa shape index (κ3) is 1.70. The van der Waals surface area contributed by atoms with Gasteiger partial charge in [-0.15, -0.1) is 0 Å². The molecule has 0 unspecified atom stereocenters. The van der Waals surface area contributed by atoms with Crippen LogP contribution in [0.5, 0.6) is 5.75 Å². The Bertz CT molecular complexity index is 526. The fraction of sp³-hybridized carbons (Fsp3) is 0. The van der Waals surface area contributed by atoms with Gasteiger partial charge in [0.05, 0.1) is 11.1 Å². The molecule has 0 spiro atoms. The molecule has 2 rings (SSSR count). The minimum Gasteiger partial charge on any atom is -0.506 e. The second-order valence-electron chi connectivity index (χ2n) is 3.14. The molecule has 80 valence electrons. The quantitative estimate of drug-likeness (QED) is 0.780. The normalized spacial score (nSPS) is 10.0. The van der Waals surface area contributed by atoms with Gasteiger partial charge in [-0.3, -0.25) is 4.79 Å². The maximum absolute atomic E-state index is 11.0. The average molecular weight is 215 g/mol. The second-order valence-corrected chi connectivity index (χ2v) is 3.14. The van der Waals surface area contributed by atoms with Gasteiger partial charge in [0.1, 0.15) is 5.75 Å². The second kappa shape index (κ2) is 3.98. The summed E-state index contributed by atoms with van der Waals surface area (Å²) in [6.45, 7) is 0. The highest BCUT2D eigenvalue weighted by Crippen LogP contribution is 2.29. The van der Waals surface area contributed by atoms with Crippen LogP contribution in [0.2, 0.25) is 0 Å². The summed E-state index contributed by atoms with van der Waals surface area (Å²) in [6.07, 6.45) is 3.11. The van der Waals surface area contributed by atoms with E-state index in [0.717, 1.165) is 0 Å². The number of rotatable bonds is 2. The fourth-order valence-electron chi connectivity index (χ4n) is 1.36. The molecule has 5 nitrogen and oxygen atoms in total. The van der Waals surface area contributed by atoms with Crippen molar-refractivity contribution >= 4 is 5.91 Å². The third-order valence-electron chi connectivity index (χ3n) is 2.11. The summed E-state index contributed by atoms with van der Waals surface area (Å²) >= 11 is 0.